The van der Waals surface area contributed by atoms with E-state index >= 15 is 0 Å². The Morgan fingerprint density at radius 3 is 2.44 bits per heavy atom. The van der Waals surface area contributed by atoms with E-state index in [4.69, 9.17) is 9.47 Å². The monoisotopic (exact) mass is 362 g/mol. The van der Waals surface area contributed by atoms with Crippen molar-refractivity contribution in [1.82, 2.24) is 9.97 Å². The van der Waals surface area contributed by atoms with Gasteiger partial charge < -0.3 is 19.7 Å². The number of ether oxygens (including phenoxy) is 2. The Kier molecular flexibility index (Phi) is 5.45. The van der Waals surface area contributed by atoms with Crippen LogP contribution < -0.4 is 15.0 Å². The van der Waals surface area contributed by atoms with Gasteiger partial charge in [0.15, 0.2) is 0 Å². The Hall–Kier alpha value is -3.12. The topological polar surface area (TPSA) is 59.5 Å². The van der Waals surface area contributed by atoms with Crippen LogP contribution in [0.3, 0.4) is 0 Å². The first-order valence-electron chi connectivity index (χ1n) is 9.07. The molecule has 1 fully saturated rings. The van der Waals surface area contributed by atoms with Crippen molar-refractivity contribution in [1.29, 1.82) is 0 Å². The van der Waals surface area contributed by atoms with E-state index in [0.717, 1.165) is 55.0 Å². The van der Waals surface area contributed by atoms with Gasteiger partial charge in [-0.2, -0.15) is 0 Å². The predicted molar refractivity (Wildman–Crippen MR) is 105 cm³/mol. The molecule has 0 atom stereocenters. The molecule has 3 aromatic rings. The smallest absolute Gasteiger partial charge is 0.134 e. The van der Waals surface area contributed by atoms with Crippen LogP contribution in [0.5, 0.6) is 11.5 Å². The van der Waals surface area contributed by atoms with Crippen molar-refractivity contribution in [3.05, 3.63) is 72.6 Å². The molecule has 6 heteroatoms. The Morgan fingerprint density at radius 1 is 0.926 bits per heavy atom. The van der Waals surface area contributed by atoms with Crippen LogP contribution in [-0.2, 0) is 11.3 Å². The summed E-state index contributed by atoms with van der Waals surface area (Å²) in [6, 6.07) is 19.8. The number of morpholine rings is 1. The molecule has 1 aliphatic heterocycles. The van der Waals surface area contributed by atoms with Gasteiger partial charge in [-0.05, 0) is 29.8 Å². The minimum absolute atomic E-state index is 0.686. The number of nitrogens with zero attached hydrogens (tertiary/aromatic N) is 3. The summed E-state index contributed by atoms with van der Waals surface area (Å²) in [6.45, 7) is 3.89. The number of hydrogen-bond acceptors (Lipinski definition) is 6. The molecule has 2 aromatic carbocycles. The van der Waals surface area contributed by atoms with Crippen LogP contribution in [0.2, 0.25) is 0 Å². The highest BCUT2D eigenvalue weighted by Gasteiger charge is 2.12. The minimum atomic E-state index is 0.686. The maximum atomic E-state index is 5.82. The lowest BCUT2D eigenvalue weighted by Gasteiger charge is -2.27. The number of benzene rings is 2. The minimum Gasteiger partial charge on any atom is -0.457 e. The molecule has 27 heavy (non-hydrogen) atoms. The van der Waals surface area contributed by atoms with Crippen LogP contribution >= 0.6 is 0 Å². The molecule has 1 aromatic heterocycles. The van der Waals surface area contributed by atoms with Gasteiger partial charge in [-0.15, -0.1) is 0 Å². The van der Waals surface area contributed by atoms with Crippen LogP contribution in [0.15, 0.2) is 67.0 Å². The van der Waals surface area contributed by atoms with E-state index in [9.17, 15) is 0 Å². The van der Waals surface area contributed by atoms with Crippen molar-refractivity contribution in [3.8, 4) is 11.5 Å². The van der Waals surface area contributed by atoms with Gasteiger partial charge >= 0.3 is 0 Å². The van der Waals surface area contributed by atoms with Crippen LogP contribution in [0, 0.1) is 0 Å². The second kappa shape index (κ2) is 8.51. The molecule has 1 saturated heterocycles. The molecule has 4 rings (SSSR count). The third-order valence-electron chi connectivity index (χ3n) is 4.36. The highest BCUT2D eigenvalue weighted by atomic mass is 16.5. The molecule has 0 saturated carbocycles. The SMILES string of the molecule is c1ccc(Oc2ccc(CNc3cc(N4CCOCC4)ncn3)cc2)cc1. The van der Waals surface area contributed by atoms with Crippen molar-refractivity contribution in [2.75, 3.05) is 36.5 Å². The van der Waals surface area contributed by atoms with E-state index in [2.05, 4.69) is 32.3 Å². The van der Waals surface area contributed by atoms with Crippen LogP contribution in [0.25, 0.3) is 0 Å². The van der Waals surface area contributed by atoms with Gasteiger partial charge in [0.05, 0.1) is 13.2 Å². The van der Waals surface area contributed by atoms with Crippen molar-refractivity contribution in [3.63, 3.8) is 0 Å². The molecular weight excluding hydrogens is 340 g/mol. The average molecular weight is 362 g/mol. The Bertz CT molecular complexity index is 850. The summed E-state index contributed by atoms with van der Waals surface area (Å²) in [6.07, 6.45) is 1.60. The van der Waals surface area contributed by atoms with Gasteiger partial charge in [-0.25, -0.2) is 9.97 Å². The highest BCUT2D eigenvalue weighted by molar-refractivity contribution is 5.49. The summed E-state index contributed by atoms with van der Waals surface area (Å²) in [5.74, 6) is 3.40. The van der Waals surface area contributed by atoms with Crippen LogP contribution in [-0.4, -0.2) is 36.3 Å². The third kappa shape index (κ3) is 4.74. The van der Waals surface area contributed by atoms with E-state index in [1.54, 1.807) is 6.33 Å². The normalized spacial score (nSPS) is 14.0. The number of hydrogen-bond donors (Lipinski definition) is 1. The molecule has 0 unspecified atom stereocenters. The zero-order valence-electron chi connectivity index (χ0n) is 15.0. The molecule has 0 radical (unpaired) electrons. The van der Waals surface area contributed by atoms with Gasteiger partial charge in [0.25, 0.3) is 0 Å². The number of anilines is 2. The van der Waals surface area contributed by atoms with Gasteiger partial charge in [-0.1, -0.05) is 30.3 Å². The molecule has 1 aliphatic rings. The lowest BCUT2D eigenvalue weighted by molar-refractivity contribution is 0.122. The van der Waals surface area contributed by atoms with Gasteiger partial charge in [-0.3, -0.25) is 0 Å². The largest absolute Gasteiger partial charge is 0.457 e. The molecule has 2 heterocycles. The maximum absolute atomic E-state index is 5.82. The molecule has 0 bridgehead atoms. The van der Waals surface area contributed by atoms with Gasteiger partial charge in [0.2, 0.25) is 0 Å². The summed E-state index contributed by atoms with van der Waals surface area (Å²) in [4.78, 5) is 10.9. The standard InChI is InChI=1S/C21H22N4O2/c1-2-4-18(5-3-1)27-19-8-6-17(7-9-19)15-22-20-14-21(24-16-23-20)25-10-12-26-13-11-25/h1-9,14,16H,10-13,15H2,(H,22,23,24). The molecule has 0 spiro atoms. The molecule has 0 aliphatic carbocycles. The molecule has 6 nitrogen and oxygen atoms in total. The van der Waals surface area contributed by atoms with E-state index in [1.165, 1.54) is 0 Å². The second-order valence-corrected chi connectivity index (χ2v) is 6.27. The summed E-state index contributed by atoms with van der Waals surface area (Å²) in [5.41, 5.74) is 1.15. The van der Waals surface area contributed by atoms with Gasteiger partial charge in [0.1, 0.15) is 29.5 Å². The van der Waals surface area contributed by atoms with Crippen LogP contribution in [0.4, 0.5) is 11.6 Å². The first kappa shape index (κ1) is 17.3. The summed E-state index contributed by atoms with van der Waals surface area (Å²) < 4.78 is 11.2. The van der Waals surface area contributed by atoms with E-state index in [-0.39, 0.29) is 0 Å². The van der Waals surface area contributed by atoms with E-state index in [1.807, 2.05) is 48.5 Å². The summed E-state index contributed by atoms with van der Waals surface area (Å²) in [7, 11) is 0. The molecule has 1 N–H and O–H groups in total. The Morgan fingerprint density at radius 2 is 1.67 bits per heavy atom. The average Bonchev–Trinajstić information content (AvgIpc) is 2.75. The summed E-state index contributed by atoms with van der Waals surface area (Å²) >= 11 is 0. The first-order valence-corrected chi connectivity index (χ1v) is 9.07. The molecule has 138 valence electrons. The number of aromatic nitrogens is 2. The molecular formula is C21H22N4O2. The predicted octanol–water partition coefficient (Wildman–Crippen LogP) is 3.72. The fourth-order valence-electron chi connectivity index (χ4n) is 2.90. The van der Waals surface area contributed by atoms with Crippen molar-refractivity contribution >= 4 is 11.6 Å². The zero-order chi connectivity index (χ0) is 18.3. The summed E-state index contributed by atoms with van der Waals surface area (Å²) in [5, 5.41) is 3.36. The fourth-order valence-corrected chi connectivity index (χ4v) is 2.90. The van der Waals surface area contributed by atoms with Crippen molar-refractivity contribution in [2.24, 2.45) is 0 Å². The van der Waals surface area contributed by atoms with E-state index < -0.39 is 0 Å². The Labute approximate surface area is 158 Å². The lowest BCUT2D eigenvalue weighted by atomic mass is 10.2. The maximum Gasteiger partial charge on any atom is 0.134 e. The lowest BCUT2D eigenvalue weighted by Crippen LogP contribution is -2.36. The zero-order valence-corrected chi connectivity index (χ0v) is 15.0. The first-order chi connectivity index (χ1) is 13.4. The number of nitrogens with one attached hydrogen (secondary N) is 1. The molecule has 0 amide bonds. The second-order valence-electron chi connectivity index (χ2n) is 6.27. The highest BCUT2D eigenvalue weighted by Crippen LogP contribution is 2.21. The quantitative estimate of drug-likeness (QED) is 0.721. The van der Waals surface area contributed by atoms with Crippen LogP contribution in [0.1, 0.15) is 5.56 Å². The third-order valence-corrected chi connectivity index (χ3v) is 4.36. The number of para-hydroxylation sites is 1. The fraction of sp³-hybridized carbons (Fsp3) is 0.238. The van der Waals surface area contributed by atoms with Crippen molar-refractivity contribution < 1.29 is 9.47 Å². The number of rotatable bonds is 6. The van der Waals surface area contributed by atoms with E-state index in [0.29, 0.717) is 6.54 Å². The van der Waals surface area contributed by atoms with Crippen molar-refractivity contribution in [2.45, 2.75) is 6.54 Å². The van der Waals surface area contributed by atoms with Gasteiger partial charge in [0, 0.05) is 25.7 Å². The Balaban J connectivity index is 1.34.